The molecule has 108 valence electrons. The van der Waals surface area contributed by atoms with Crippen LogP contribution in [0.4, 0.5) is 0 Å². The van der Waals surface area contributed by atoms with E-state index in [1.165, 1.54) is 11.4 Å². The van der Waals surface area contributed by atoms with Gasteiger partial charge in [0.25, 0.3) is 0 Å². The maximum absolute atomic E-state index is 11.6. The Morgan fingerprint density at radius 2 is 2.21 bits per heavy atom. The minimum Gasteiger partial charge on any atom is -0.388 e. The van der Waals surface area contributed by atoms with Gasteiger partial charge < -0.3 is 9.67 Å². The highest BCUT2D eigenvalue weighted by Crippen LogP contribution is 2.42. The van der Waals surface area contributed by atoms with E-state index in [9.17, 15) is 9.32 Å². The van der Waals surface area contributed by atoms with E-state index < -0.39 is 10.8 Å². The Morgan fingerprint density at radius 3 is 2.79 bits per heavy atom. The first kappa shape index (κ1) is 14.8. The molecule has 4 heteroatoms. The van der Waals surface area contributed by atoms with Crippen LogP contribution in [0.1, 0.15) is 50.2 Å². The molecule has 1 N–H and O–H groups in total. The molecule has 1 heterocycles. The van der Waals surface area contributed by atoms with Crippen LogP contribution in [0.3, 0.4) is 0 Å². The number of aliphatic hydroxyl groups is 1. The zero-order chi connectivity index (χ0) is 14.4. The van der Waals surface area contributed by atoms with Crippen LogP contribution in [-0.2, 0) is 23.8 Å². The molecule has 0 saturated carbocycles. The van der Waals surface area contributed by atoms with Crippen LogP contribution in [0.2, 0.25) is 0 Å². The summed E-state index contributed by atoms with van der Waals surface area (Å²) in [5.74, 6) is 0. The molecule has 0 saturated heterocycles. The maximum Gasteiger partial charge on any atom is 0.0812 e. The van der Waals surface area contributed by atoms with Crippen LogP contribution in [0.25, 0.3) is 0 Å². The zero-order valence-corrected chi connectivity index (χ0v) is 13.4. The van der Waals surface area contributed by atoms with Gasteiger partial charge in [-0.3, -0.25) is 4.21 Å². The number of nitrogens with zero attached hydrogens (tertiary/aromatic N) is 1. The summed E-state index contributed by atoms with van der Waals surface area (Å²) in [6.07, 6.45) is 3.20. The first-order chi connectivity index (χ1) is 8.71. The molecule has 0 aromatic carbocycles. The van der Waals surface area contributed by atoms with E-state index in [0.717, 1.165) is 24.9 Å². The van der Waals surface area contributed by atoms with Gasteiger partial charge in [0, 0.05) is 45.8 Å². The summed E-state index contributed by atoms with van der Waals surface area (Å²) >= 11 is 0. The number of rotatable bonds is 3. The number of aryl methyl sites for hydroxylation is 1. The van der Waals surface area contributed by atoms with Crippen molar-refractivity contribution in [3.05, 3.63) is 23.0 Å². The number of hydrogen-bond donors (Lipinski definition) is 1. The second kappa shape index (κ2) is 5.06. The first-order valence-corrected chi connectivity index (χ1v) is 8.52. The monoisotopic (exact) mass is 283 g/mol. The minimum atomic E-state index is -0.815. The fraction of sp³-hybridized carbons (Fsp3) is 0.733. The fourth-order valence-corrected chi connectivity index (χ4v) is 3.38. The lowest BCUT2D eigenvalue weighted by Crippen LogP contribution is -2.28. The summed E-state index contributed by atoms with van der Waals surface area (Å²) in [5.41, 5.74) is 3.60. The van der Waals surface area contributed by atoms with E-state index in [1.807, 2.05) is 6.92 Å². The van der Waals surface area contributed by atoms with Crippen molar-refractivity contribution in [1.82, 2.24) is 4.57 Å². The molecule has 0 amide bonds. The van der Waals surface area contributed by atoms with Crippen LogP contribution < -0.4 is 0 Å². The topological polar surface area (TPSA) is 42.2 Å². The largest absolute Gasteiger partial charge is 0.388 e. The van der Waals surface area contributed by atoms with Gasteiger partial charge in [-0.25, -0.2) is 0 Å². The predicted molar refractivity (Wildman–Crippen MR) is 79.8 cm³/mol. The Hall–Kier alpha value is -0.610. The van der Waals surface area contributed by atoms with E-state index in [1.54, 1.807) is 6.26 Å². The van der Waals surface area contributed by atoms with Gasteiger partial charge in [-0.15, -0.1) is 0 Å². The molecule has 3 nitrogen and oxygen atoms in total. The molecule has 0 fully saturated rings. The smallest absolute Gasteiger partial charge is 0.0812 e. The van der Waals surface area contributed by atoms with Crippen molar-refractivity contribution in [3.63, 3.8) is 0 Å². The van der Waals surface area contributed by atoms with Gasteiger partial charge in [0.2, 0.25) is 0 Å². The number of aromatic nitrogens is 1. The van der Waals surface area contributed by atoms with Crippen molar-refractivity contribution in [1.29, 1.82) is 0 Å². The van der Waals surface area contributed by atoms with Gasteiger partial charge in [0.05, 0.1) is 6.10 Å². The number of hydrogen-bond acceptors (Lipinski definition) is 2. The minimum absolute atomic E-state index is 0.129. The van der Waals surface area contributed by atoms with E-state index in [4.69, 9.17) is 0 Å². The third-order valence-electron chi connectivity index (χ3n) is 4.21. The zero-order valence-electron chi connectivity index (χ0n) is 12.6. The Kier molecular flexibility index (Phi) is 3.94. The molecule has 0 radical (unpaired) electrons. The van der Waals surface area contributed by atoms with Gasteiger partial charge in [0.15, 0.2) is 0 Å². The van der Waals surface area contributed by atoms with E-state index >= 15 is 0 Å². The third-order valence-corrected chi connectivity index (χ3v) is 5.49. The lowest BCUT2D eigenvalue weighted by atomic mass is 9.75. The lowest BCUT2D eigenvalue weighted by molar-refractivity contribution is 0.0979. The summed E-state index contributed by atoms with van der Waals surface area (Å²) < 4.78 is 13.8. The van der Waals surface area contributed by atoms with Crippen molar-refractivity contribution in [3.8, 4) is 0 Å². The van der Waals surface area contributed by atoms with E-state index in [-0.39, 0.29) is 16.8 Å². The Morgan fingerprint density at radius 1 is 1.58 bits per heavy atom. The van der Waals surface area contributed by atoms with Crippen molar-refractivity contribution in [2.45, 2.75) is 58.4 Å². The average molecular weight is 283 g/mol. The van der Waals surface area contributed by atoms with Gasteiger partial charge in [0.1, 0.15) is 0 Å². The highest BCUT2D eigenvalue weighted by Gasteiger charge is 2.34. The lowest BCUT2D eigenvalue weighted by Gasteiger charge is -2.34. The normalized spacial score (nSPS) is 24.8. The molecular weight excluding hydrogens is 258 g/mol. The quantitative estimate of drug-likeness (QED) is 0.926. The Labute approximate surface area is 118 Å². The van der Waals surface area contributed by atoms with Crippen molar-refractivity contribution < 1.29 is 9.32 Å². The van der Waals surface area contributed by atoms with Crippen LogP contribution >= 0.6 is 0 Å². The summed E-state index contributed by atoms with van der Waals surface area (Å²) in [6.45, 7) is 9.27. The van der Waals surface area contributed by atoms with Crippen molar-refractivity contribution >= 4 is 10.8 Å². The Bertz CT molecular complexity index is 504. The summed E-state index contributed by atoms with van der Waals surface area (Å²) in [4.78, 5) is 0. The molecule has 19 heavy (non-hydrogen) atoms. The second-order valence-corrected chi connectivity index (χ2v) is 8.47. The molecular formula is C15H25NO2S. The molecule has 0 spiro atoms. The number of aliphatic hydroxyl groups excluding tert-OH is 1. The highest BCUT2D eigenvalue weighted by molar-refractivity contribution is 7.84. The third kappa shape index (κ3) is 2.95. The average Bonchev–Trinajstić information content (AvgIpc) is 2.55. The summed E-state index contributed by atoms with van der Waals surface area (Å²) in [7, 11) is -0.815. The van der Waals surface area contributed by atoms with Gasteiger partial charge >= 0.3 is 0 Å². The van der Waals surface area contributed by atoms with Crippen molar-refractivity contribution in [2.24, 2.45) is 5.41 Å². The Balaban J connectivity index is 2.39. The molecule has 1 aliphatic carbocycles. The molecule has 1 aliphatic rings. The molecule has 1 aromatic rings. The first-order valence-electron chi connectivity index (χ1n) is 6.90. The van der Waals surface area contributed by atoms with Gasteiger partial charge in [-0.05, 0) is 38.2 Å². The van der Waals surface area contributed by atoms with E-state index in [0.29, 0.717) is 0 Å². The molecule has 2 rings (SSSR count). The van der Waals surface area contributed by atoms with Crippen molar-refractivity contribution in [2.75, 3.05) is 6.26 Å². The van der Waals surface area contributed by atoms with Gasteiger partial charge in [-0.2, -0.15) is 0 Å². The summed E-state index contributed by atoms with van der Waals surface area (Å²) in [6, 6.07) is 2.10. The summed E-state index contributed by atoms with van der Waals surface area (Å²) in [5, 5.41) is 10.4. The van der Waals surface area contributed by atoms with Gasteiger partial charge in [-0.1, -0.05) is 13.8 Å². The molecule has 0 aliphatic heterocycles. The SMILES string of the molecule is Cc1cc2c(n1CC(C)S(C)=O)CC(C)(C)CC2O. The molecule has 0 bridgehead atoms. The van der Waals surface area contributed by atoms with Crippen LogP contribution in [-0.4, -0.2) is 25.4 Å². The number of fused-ring (bicyclic) bond motifs is 1. The highest BCUT2D eigenvalue weighted by atomic mass is 32.2. The molecule has 3 atom stereocenters. The van der Waals surface area contributed by atoms with Crippen LogP contribution in [0.15, 0.2) is 6.07 Å². The van der Waals surface area contributed by atoms with E-state index in [2.05, 4.69) is 31.4 Å². The van der Waals surface area contributed by atoms with Crippen LogP contribution in [0, 0.1) is 12.3 Å². The molecule has 1 aromatic heterocycles. The second-order valence-electron chi connectivity index (χ2n) is 6.67. The standard InChI is InChI=1S/C15H25NO2S/c1-10-6-12-13(7-15(3,4)8-14(12)17)16(10)9-11(2)19(5)18/h6,11,14,17H,7-9H2,1-5H3. The fourth-order valence-electron chi connectivity index (χ4n) is 3.02. The van der Waals surface area contributed by atoms with Crippen LogP contribution in [0.5, 0.6) is 0 Å². The maximum atomic E-state index is 11.6. The predicted octanol–water partition coefficient (Wildman–Crippen LogP) is 2.57. The molecule has 3 unspecified atom stereocenters.